The Bertz CT molecular complexity index is 564. The molecule has 0 fully saturated rings. The van der Waals surface area contributed by atoms with Crippen molar-refractivity contribution in [3.63, 3.8) is 0 Å². The molecule has 134 valence electrons. The fourth-order valence-corrected chi connectivity index (χ4v) is 2.11. The van der Waals surface area contributed by atoms with E-state index in [9.17, 15) is 19.5 Å². The zero-order valence-corrected chi connectivity index (χ0v) is 14.4. The molecule has 1 aromatic heterocycles. The molecule has 1 aromatic rings. The van der Waals surface area contributed by atoms with Gasteiger partial charge in [0.1, 0.15) is 12.1 Å². The van der Waals surface area contributed by atoms with E-state index in [2.05, 4.69) is 33.2 Å². The normalized spacial score (nSPS) is 14.7. The molecular weight excluding hydrogens is 334 g/mol. The quantitative estimate of drug-likeness (QED) is 0.309. The predicted octanol–water partition coefficient (Wildman–Crippen LogP) is -1.08. The van der Waals surface area contributed by atoms with Crippen LogP contribution in [0.1, 0.15) is 19.5 Å². The van der Waals surface area contributed by atoms with E-state index in [1.807, 2.05) is 0 Å². The van der Waals surface area contributed by atoms with Crippen LogP contribution in [0.5, 0.6) is 0 Å². The number of carbonyl (C=O) groups excluding carboxylic acids is 2. The Labute approximate surface area is 145 Å². The summed E-state index contributed by atoms with van der Waals surface area (Å²) in [6.07, 6.45) is 2.93. The van der Waals surface area contributed by atoms with Gasteiger partial charge in [0.05, 0.1) is 12.4 Å². The Hall–Kier alpha value is -2.07. The summed E-state index contributed by atoms with van der Waals surface area (Å²) in [6.45, 7) is 3.57. The molecule has 0 aromatic carbocycles. The molecule has 0 saturated carbocycles. The number of carbonyl (C=O) groups is 3. The van der Waals surface area contributed by atoms with Gasteiger partial charge in [-0.3, -0.25) is 9.59 Å². The van der Waals surface area contributed by atoms with E-state index in [1.165, 1.54) is 12.5 Å². The van der Waals surface area contributed by atoms with Gasteiger partial charge in [-0.2, -0.15) is 12.6 Å². The van der Waals surface area contributed by atoms with Crippen LogP contribution in [0.2, 0.25) is 0 Å². The smallest absolute Gasteiger partial charge is 0.326 e. The van der Waals surface area contributed by atoms with Crippen LogP contribution in [-0.2, 0) is 20.8 Å². The van der Waals surface area contributed by atoms with E-state index in [4.69, 9.17) is 5.73 Å². The third-order valence-electron chi connectivity index (χ3n) is 3.43. The van der Waals surface area contributed by atoms with Gasteiger partial charge >= 0.3 is 5.97 Å². The van der Waals surface area contributed by atoms with E-state index in [0.717, 1.165) is 0 Å². The fourth-order valence-electron chi connectivity index (χ4n) is 1.85. The number of H-pyrrole nitrogens is 1. The Kier molecular flexibility index (Phi) is 7.72. The van der Waals surface area contributed by atoms with Crippen molar-refractivity contribution in [3.05, 3.63) is 18.2 Å². The molecule has 2 amide bonds. The zero-order chi connectivity index (χ0) is 18.3. The van der Waals surface area contributed by atoms with Crippen LogP contribution in [0.25, 0.3) is 0 Å². The van der Waals surface area contributed by atoms with Crippen molar-refractivity contribution in [1.82, 2.24) is 20.6 Å². The Morgan fingerprint density at radius 2 is 1.92 bits per heavy atom. The maximum Gasteiger partial charge on any atom is 0.326 e. The van der Waals surface area contributed by atoms with Crippen molar-refractivity contribution in [1.29, 1.82) is 0 Å². The molecular formula is C14H23N5O4S. The van der Waals surface area contributed by atoms with Crippen molar-refractivity contribution in [3.8, 4) is 0 Å². The highest BCUT2D eigenvalue weighted by molar-refractivity contribution is 7.80. The lowest BCUT2D eigenvalue weighted by atomic mass is 10.0. The average molecular weight is 357 g/mol. The van der Waals surface area contributed by atoms with Gasteiger partial charge in [-0.1, -0.05) is 13.8 Å². The molecule has 0 aliphatic carbocycles. The minimum Gasteiger partial charge on any atom is -0.480 e. The van der Waals surface area contributed by atoms with Crippen molar-refractivity contribution in [2.45, 2.75) is 38.4 Å². The number of aliphatic carboxylic acids is 1. The molecule has 1 rings (SSSR count). The number of carboxylic acids is 1. The molecule has 0 unspecified atom stereocenters. The van der Waals surface area contributed by atoms with Gasteiger partial charge < -0.3 is 26.5 Å². The van der Waals surface area contributed by atoms with Gasteiger partial charge in [0.15, 0.2) is 0 Å². The number of imidazole rings is 1. The summed E-state index contributed by atoms with van der Waals surface area (Å²) in [7, 11) is 0. The molecule has 0 bridgehead atoms. The summed E-state index contributed by atoms with van der Waals surface area (Å²) in [5, 5.41) is 14.1. The lowest BCUT2D eigenvalue weighted by Crippen LogP contribution is -2.56. The Balaban J connectivity index is 2.69. The summed E-state index contributed by atoms with van der Waals surface area (Å²) >= 11 is 4.03. The molecule has 0 radical (unpaired) electrons. The molecule has 3 atom stereocenters. The molecule has 9 nitrogen and oxygen atoms in total. The van der Waals surface area contributed by atoms with Gasteiger partial charge in [0.2, 0.25) is 11.8 Å². The molecule has 6 N–H and O–H groups in total. The molecule has 10 heteroatoms. The standard InChI is InChI=1S/C14H23N5O4S/c1-7(2)11(15)13(21)19-10(5-24)12(20)18-9(14(22)23)3-8-4-16-6-17-8/h4,6-7,9-11,24H,3,5,15H2,1-2H3,(H,16,17)(H,18,20)(H,19,21)(H,22,23)/t9-,10-,11-/m0/s1. The van der Waals surface area contributed by atoms with Crippen LogP contribution >= 0.6 is 12.6 Å². The average Bonchev–Trinajstić information content (AvgIpc) is 3.03. The van der Waals surface area contributed by atoms with Crippen molar-refractivity contribution < 1.29 is 19.5 Å². The van der Waals surface area contributed by atoms with E-state index in [0.29, 0.717) is 5.69 Å². The van der Waals surface area contributed by atoms with Gasteiger partial charge in [-0.25, -0.2) is 9.78 Å². The highest BCUT2D eigenvalue weighted by atomic mass is 32.1. The highest BCUT2D eigenvalue weighted by Gasteiger charge is 2.28. The van der Waals surface area contributed by atoms with Crippen LogP contribution in [0.15, 0.2) is 12.5 Å². The van der Waals surface area contributed by atoms with Crippen LogP contribution in [0, 0.1) is 5.92 Å². The number of nitrogens with two attached hydrogens (primary N) is 1. The van der Waals surface area contributed by atoms with E-state index < -0.39 is 35.9 Å². The number of aromatic amines is 1. The second kappa shape index (κ2) is 9.28. The highest BCUT2D eigenvalue weighted by Crippen LogP contribution is 2.02. The first kappa shape index (κ1) is 20.0. The minimum atomic E-state index is -1.19. The lowest BCUT2D eigenvalue weighted by molar-refractivity contribution is -0.142. The van der Waals surface area contributed by atoms with Crippen molar-refractivity contribution in [2.24, 2.45) is 11.7 Å². The van der Waals surface area contributed by atoms with E-state index >= 15 is 0 Å². The second-order valence-electron chi connectivity index (χ2n) is 5.69. The SMILES string of the molecule is CC(C)[C@H](N)C(=O)N[C@@H](CS)C(=O)N[C@@H](Cc1cnc[nH]1)C(=O)O. The summed E-state index contributed by atoms with van der Waals surface area (Å²) < 4.78 is 0. The first-order chi connectivity index (χ1) is 11.3. The number of thiol groups is 1. The third kappa shape index (κ3) is 5.85. The Morgan fingerprint density at radius 1 is 1.29 bits per heavy atom. The number of aromatic nitrogens is 2. The molecule has 1 heterocycles. The Morgan fingerprint density at radius 3 is 2.38 bits per heavy atom. The molecule has 0 aliphatic heterocycles. The predicted molar refractivity (Wildman–Crippen MR) is 90.5 cm³/mol. The maximum atomic E-state index is 12.2. The summed E-state index contributed by atoms with van der Waals surface area (Å²) in [5.74, 6) is -2.40. The van der Waals surface area contributed by atoms with Gasteiger partial charge in [0.25, 0.3) is 0 Å². The number of rotatable bonds is 9. The molecule has 0 aliphatic rings. The topological polar surface area (TPSA) is 150 Å². The summed E-state index contributed by atoms with van der Waals surface area (Å²) in [4.78, 5) is 42.1. The van der Waals surface area contributed by atoms with Gasteiger partial charge in [0, 0.05) is 24.1 Å². The van der Waals surface area contributed by atoms with E-state index in [1.54, 1.807) is 13.8 Å². The number of nitrogens with zero attached hydrogens (tertiary/aromatic N) is 1. The second-order valence-corrected chi connectivity index (χ2v) is 6.06. The summed E-state index contributed by atoms with van der Waals surface area (Å²) in [6, 6.07) is -2.90. The summed E-state index contributed by atoms with van der Waals surface area (Å²) in [5.41, 5.74) is 6.29. The van der Waals surface area contributed by atoms with Crippen molar-refractivity contribution in [2.75, 3.05) is 5.75 Å². The largest absolute Gasteiger partial charge is 0.480 e. The monoisotopic (exact) mass is 357 g/mol. The maximum absolute atomic E-state index is 12.2. The number of hydrogen-bond acceptors (Lipinski definition) is 6. The fraction of sp³-hybridized carbons (Fsp3) is 0.571. The van der Waals surface area contributed by atoms with Crippen LogP contribution in [0.4, 0.5) is 0 Å². The lowest BCUT2D eigenvalue weighted by Gasteiger charge is -2.22. The van der Waals surface area contributed by atoms with Crippen LogP contribution in [-0.4, -0.2) is 56.7 Å². The van der Waals surface area contributed by atoms with Crippen LogP contribution in [0.3, 0.4) is 0 Å². The zero-order valence-electron chi connectivity index (χ0n) is 13.5. The molecule has 24 heavy (non-hydrogen) atoms. The van der Waals surface area contributed by atoms with Crippen LogP contribution < -0.4 is 16.4 Å². The number of nitrogens with one attached hydrogen (secondary N) is 3. The molecule has 0 saturated heterocycles. The minimum absolute atomic E-state index is 0.0127. The van der Waals surface area contributed by atoms with E-state index in [-0.39, 0.29) is 18.1 Å². The first-order valence-corrected chi connectivity index (χ1v) is 8.06. The molecule has 0 spiro atoms. The van der Waals surface area contributed by atoms with Gasteiger partial charge in [-0.15, -0.1) is 0 Å². The number of amides is 2. The van der Waals surface area contributed by atoms with Gasteiger partial charge in [-0.05, 0) is 5.92 Å². The third-order valence-corrected chi connectivity index (χ3v) is 3.80. The number of hydrogen-bond donors (Lipinski definition) is 6. The van der Waals surface area contributed by atoms with Crippen molar-refractivity contribution >= 4 is 30.4 Å². The number of carboxylic acid groups (broad SMARTS) is 1. The first-order valence-electron chi connectivity index (χ1n) is 7.43.